The maximum absolute atomic E-state index is 11.4. The zero-order chi connectivity index (χ0) is 13.5. The number of ether oxygens (including phenoxy) is 1. The fourth-order valence-electron chi connectivity index (χ4n) is 1.20. The van der Waals surface area contributed by atoms with E-state index in [1.54, 1.807) is 24.3 Å². The van der Waals surface area contributed by atoms with Crippen molar-refractivity contribution in [3.8, 4) is 5.75 Å². The van der Waals surface area contributed by atoms with E-state index in [9.17, 15) is 18.9 Å². The zero-order valence-corrected chi connectivity index (χ0v) is 10.5. The quantitative estimate of drug-likeness (QED) is 0.725. The van der Waals surface area contributed by atoms with Gasteiger partial charge in [0.2, 0.25) is 5.91 Å². The lowest BCUT2D eigenvalue weighted by molar-refractivity contribution is -0.301. The predicted octanol–water partition coefficient (Wildman–Crippen LogP) is -0.868. The first kappa shape index (κ1) is 14.2. The lowest BCUT2D eigenvalue weighted by atomic mass is 10.3. The third-order valence-electron chi connectivity index (χ3n) is 1.94. The first-order valence-corrected chi connectivity index (χ1v) is 6.49. The third kappa shape index (κ3) is 4.96. The molecule has 1 atom stereocenters. The van der Waals surface area contributed by atoms with Gasteiger partial charge in [-0.25, -0.2) is 0 Å². The molecule has 0 aliphatic rings. The molecule has 98 valence electrons. The van der Waals surface area contributed by atoms with Gasteiger partial charge in [0.25, 0.3) is 0 Å². The summed E-state index contributed by atoms with van der Waals surface area (Å²) in [6.07, 6.45) is 0. The fraction of sp³-hybridized carbons (Fsp3) is 0.273. The Bertz CT molecular complexity index is 457. The van der Waals surface area contributed by atoms with Crippen molar-refractivity contribution in [3.63, 3.8) is 0 Å². The van der Waals surface area contributed by atoms with Crippen LogP contribution in [0.2, 0.25) is 0 Å². The molecule has 0 aromatic heterocycles. The Labute approximate surface area is 106 Å². The van der Waals surface area contributed by atoms with E-state index in [1.165, 1.54) is 7.11 Å². The van der Waals surface area contributed by atoms with E-state index in [1.807, 2.05) is 0 Å². The first-order valence-electron chi connectivity index (χ1n) is 5.00. The molecule has 1 N–H and O–H groups in total. The van der Waals surface area contributed by atoms with E-state index in [2.05, 4.69) is 5.32 Å². The predicted molar refractivity (Wildman–Crippen MR) is 64.5 cm³/mol. The highest BCUT2D eigenvalue weighted by Gasteiger charge is 2.08. The summed E-state index contributed by atoms with van der Waals surface area (Å²) in [6, 6.07) is 6.57. The largest absolute Gasteiger partial charge is 0.549 e. The number of carbonyl (C=O) groups excluding carboxylic acids is 2. The topological polar surface area (TPSA) is 95.5 Å². The van der Waals surface area contributed by atoms with Crippen molar-refractivity contribution >= 4 is 28.4 Å². The molecule has 0 saturated carbocycles. The number of carboxylic acids is 1. The number of carboxylic acid groups (broad SMARTS) is 1. The van der Waals surface area contributed by atoms with Gasteiger partial charge in [-0.05, 0) is 24.3 Å². The van der Waals surface area contributed by atoms with Gasteiger partial charge in [-0.2, -0.15) is 0 Å². The normalized spacial score (nSPS) is 11.6. The number of benzene rings is 1. The monoisotopic (exact) mass is 270 g/mol. The number of rotatable bonds is 6. The number of anilines is 1. The van der Waals surface area contributed by atoms with Gasteiger partial charge in [-0.15, -0.1) is 0 Å². The van der Waals surface area contributed by atoms with Crippen LogP contribution in [0.5, 0.6) is 5.75 Å². The molecule has 0 spiro atoms. The van der Waals surface area contributed by atoms with Crippen LogP contribution in [0.15, 0.2) is 24.3 Å². The van der Waals surface area contributed by atoms with Crippen molar-refractivity contribution in [2.24, 2.45) is 0 Å². The summed E-state index contributed by atoms with van der Waals surface area (Å²) in [5.41, 5.74) is 0.520. The summed E-state index contributed by atoms with van der Waals surface area (Å²) in [4.78, 5) is 21.6. The number of carbonyl (C=O) groups is 2. The molecule has 18 heavy (non-hydrogen) atoms. The van der Waals surface area contributed by atoms with Gasteiger partial charge in [-0.1, -0.05) is 0 Å². The van der Waals surface area contributed by atoms with Crippen LogP contribution < -0.4 is 15.2 Å². The van der Waals surface area contributed by atoms with Crippen LogP contribution >= 0.6 is 0 Å². The van der Waals surface area contributed by atoms with Crippen molar-refractivity contribution in [2.45, 2.75) is 0 Å². The zero-order valence-electron chi connectivity index (χ0n) is 9.67. The van der Waals surface area contributed by atoms with E-state index >= 15 is 0 Å². The smallest absolute Gasteiger partial charge is 0.237 e. The lowest BCUT2D eigenvalue weighted by Crippen LogP contribution is -2.31. The molecule has 1 rings (SSSR count). The minimum atomic E-state index is -1.76. The molecule has 1 aromatic rings. The van der Waals surface area contributed by atoms with E-state index < -0.39 is 28.4 Å². The Balaban J connectivity index is 2.48. The molecule has 6 nitrogen and oxygen atoms in total. The van der Waals surface area contributed by atoms with E-state index in [0.717, 1.165) is 0 Å². The Morgan fingerprint density at radius 1 is 1.28 bits per heavy atom. The lowest BCUT2D eigenvalue weighted by Gasteiger charge is -2.06. The van der Waals surface area contributed by atoms with Crippen molar-refractivity contribution in [1.29, 1.82) is 0 Å². The van der Waals surface area contributed by atoms with Crippen LogP contribution in [0.3, 0.4) is 0 Å². The second-order valence-electron chi connectivity index (χ2n) is 3.38. The van der Waals surface area contributed by atoms with Crippen molar-refractivity contribution in [1.82, 2.24) is 0 Å². The maximum Gasteiger partial charge on any atom is 0.237 e. The van der Waals surface area contributed by atoms with Gasteiger partial charge in [0.05, 0.1) is 18.8 Å². The third-order valence-corrected chi connectivity index (χ3v) is 3.09. The molecule has 0 bridgehead atoms. The van der Waals surface area contributed by atoms with E-state index in [0.29, 0.717) is 11.4 Å². The van der Waals surface area contributed by atoms with Crippen LogP contribution in [-0.4, -0.2) is 34.7 Å². The van der Waals surface area contributed by atoms with Gasteiger partial charge in [0, 0.05) is 16.5 Å². The molecule has 1 aromatic carbocycles. The highest BCUT2D eigenvalue weighted by molar-refractivity contribution is 7.86. The summed E-state index contributed by atoms with van der Waals surface area (Å²) in [7, 11) is -0.234. The van der Waals surface area contributed by atoms with Gasteiger partial charge in [-0.3, -0.25) is 9.00 Å². The molecule has 0 unspecified atom stereocenters. The van der Waals surface area contributed by atoms with Crippen molar-refractivity contribution < 1.29 is 23.6 Å². The van der Waals surface area contributed by atoms with Gasteiger partial charge < -0.3 is 20.0 Å². The second-order valence-corrected chi connectivity index (χ2v) is 4.83. The maximum atomic E-state index is 11.4. The van der Waals surface area contributed by atoms with Gasteiger partial charge in [0.1, 0.15) is 11.5 Å². The number of nitrogens with one attached hydrogen (secondary N) is 1. The Morgan fingerprint density at radius 3 is 2.39 bits per heavy atom. The number of aliphatic carboxylic acids is 1. The van der Waals surface area contributed by atoms with Crippen LogP contribution in [0.4, 0.5) is 5.69 Å². The molecular formula is C11H12NO5S-. The van der Waals surface area contributed by atoms with Crippen LogP contribution in [0.25, 0.3) is 0 Å². The molecule has 0 fully saturated rings. The average Bonchev–Trinajstić information content (AvgIpc) is 2.28. The Morgan fingerprint density at radius 2 is 1.89 bits per heavy atom. The molecule has 0 saturated heterocycles. The number of hydrogen-bond donors (Lipinski definition) is 1. The SMILES string of the molecule is COc1ccc(NC(=O)C[S@@](=O)CC(=O)[O-])cc1. The molecule has 0 aliphatic heterocycles. The molecule has 1 amide bonds. The van der Waals surface area contributed by atoms with Gasteiger partial charge in [0.15, 0.2) is 0 Å². The first-order chi connectivity index (χ1) is 8.51. The molecule has 0 radical (unpaired) electrons. The van der Waals surface area contributed by atoms with Crippen LogP contribution in [0.1, 0.15) is 0 Å². The highest BCUT2D eigenvalue weighted by Crippen LogP contribution is 2.14. The van der Waals surface area contributed by atoms with E-state index in [4.69, 9.17) is 4.74 Å². The number of methoxy groups -OCH3 is 1. The minimum Gasteiger partial charge on any atom is -0.549 e. The standard InChI is InChI=1S/C11H13NO5S/c1-17-9-4-2-8(3-5-9)12-10(13)6-18(16)7-11(14)15/h2-5H,6-7H2,1H3,(H,12,13)(H,14,15)/p-1/t18-/m1/s1. The highest BCUT2D eigenvalue weighted by atomic mass is 32.2. The number of amides is 1. The summed E-state index contributed by atoms with van der Waals surface area (Å²) < 4.78 is 16.1. The van der Waals surface area contributed by atoms with Crippen molar-refractivity contribution in [3.05, 3.63) is 24.3 Å². The summed E-state index contributed by atoms with van der Waals surface area (Å²) in [5, 5.41) is 12.7. The Hall–Kier alpha value is -1.89. The summed E-state index contributed by atoms with van der Waals surface area (Å²) in [6.45, 7) is 0. The molecule has 0 heterocycles. The average molecular weight is 270 g/mol. The van der Waals surface area contributed by atoms with Gasteiger partial charge >= 0.3 is 0 Å². The second kappa shape index (κ2) is 6.75. The molecule has 7 heteroatoms. The Kier molecular flexibility index (Phi) is 5.31. The summed E-state index contributed by atoms with van der Waals surface area (Å²) >= 11 is 0. The van der Waals surface area contributed by atoms with Crippen molar-refractivity contribution in [2.75, 3.05) is 23.9 Å². The summed E-state index contributed by atoms with van der Waals surface area (Å²) in [5.74, 6) is -2.32. The molecular weight excluding hydrogens is 258 g/mol. The van der Waals surface area contributed by atoms with Crippen LogP contribution in [0, 0.1) is 0 Å². The minimum absolute atomic E-state index is 0.375. The fourth-order valence-corrected chi connectivity index (χ4v) is 1.93. The van der Waals surface area contributed by atoms with E-state index in [-0.39, 0.29) is 5.75 Å². The van der Waals surface area contributed by atoms with Crippen LogP contribution in [-0.2, 0) is 20.4 Å². The molecule has 0 aliphatic carbocycles. The number of hydrogen-bond acceptors (Lipinski definition) is 5.